The van der Waals surface area contributed by atoms with Crippen molar-refractivity contribution in [1.29, 1.82) is 0 Å². The molecule has 1 fully saturated rings. The lowest BCUT2D eigenvalue weighted by Gasteiger charge is -2.31. The molecule has 132 valence electrons. The number of hydrogen-bond donors (Lipinski definition) is 1. The number of likely N-dealkylation sites (tertiary alicyclic amines) is 1. The molecule has 0 bridgehead atoms. The van der Waals surface area contributed by atoms with Gasteiger partial charge in [-0.3, -0.25) is 4.79 Å². The van der Waals surface area contributed by atoms with Crippen LogP contribution in [0.1, 0.15) is 18.4 Å². The predicted octanol–water partition coefficient (Wildman–Crippen LogP) is 4.20. The number of pyridine rings is 1. The summed E-state index contributed by atoms with van der Waals surface area (Å²) in [6.07, 6.45) is 8.52. The molecule has 2 aromatic heterocycles. The fraction of sp³-hybridized carbons (Fsp3) is 0.273. The summed E-state index contributed by atoms with van der Waals surface area (Å²) in [7, 11) is 0. The van der Waals surface area contributed by atoms with Crippen molar-refractivity contribution in [2.45, 2.75) is 19.3 Å². The number of rotatable bonds is 4. The van der Waals surface area contributed by atoms with Crippen molar-refractivity contribution in [3.8, 4) is 11.1 Å². The van der Waals surface area contributed by atoms with E-state index in [1.165, 1.54) is 28.2 Å². The van der Waals surface area contributed by atoms with Crippen LogP contribution in [0.25, 0.3) is 22.2 Å². The van der Waals surface area contributed by atoms with Crippen LogP contribution in [0.5, 0.6) is 0 Å². The van der Waals surface area contributed by atoms with Gasteiger partial charge in [0.15, 0.2) is 0 Å². The number of nitrogens with zero attached hydrogens (tertiary/aromatic N) is 2. The third-order valence-corrected chi connectivity index (χ3v) is 5.30. The molecule has 4 rings (SSSR count). The van der Waals surface area contributed by atoms with Crippen LogP contribution in [0, 0.1) is 5.92 Å². The highest BCUT2D eigenvalue weighted by molar-refractivity contribution is 5.93. The lowest BCUT2D eigenvalue weighted by Crippen LogP contribution is -2.37. The standard InChI is InChI=1S/C22H23N3O/c1-2-21(26)25-10-8-16(9-11-25)12-17-13-19-20(15-24-22(19)23-14-17)18-6-4-3-5-7-18/h2-7,13-16H,1,8-12H2,(H,23,24). The van der Waals surface area contributed by atoms with Gasteiger partial charge in [0.2, 0.25) is 5.91 Å². The van der Waals surface area contributed by atoms with Crippen LogP contribution >= 0.6 is 0 Å². The second-order valence-corrected chi connectivity index (χ2v) is 6.99. The van der Waals surface area contributed by atoms with Gasteiger partial charge in [0.1, 0.15) is 5.65 Å². The number of nitrogens with one attached hydrogen (secondary N) is 1. The fourth-order valence-corrected chi connectivity index (χ4v) is 3.83. The Morgan fingerprint density at radius 3 is 2.77 bits per heavy atom. The Morgan fingerprint density at radius 2 is 2.04 bits per heavy atom. The van der Waals surface area contributed by atoms with Crippen molar-refractivity contribution < 1.29 is 4.79 Å². The lowest BCUT2D eigenvalue weighted by atomic mass is 9.90. The molecule has 1 aromatic carbocycles. The van der Waals surface area contributed by atoms with Crippen LogP contribution in [0.2, 0.25) is 0 Å². The molecule has 1 saturated heterocycles. The van der Waals surface area contributed by atoms with Crippen LogP contribution in [0.3, 0.4) is 0 Å². The quantitative estimate of drug-likeness (QED) is 0.721. The Kier molecular flexibility index (Phi) is 4.57. The average Bonchev–Trinajstić information content (AvgIpc) is 3.12. The maximum atomic E-state index is 11.7. The number of aromatic amines is 1. The van der Waals surface area contributed by atoms with Crippen molar-refractivity contribution in [2.75, 3.05) is 13.1 Å². The summed E-state index contributed by atoms with van der Waals surface area (Å²) >= 11 is 0. The molecular weight excluding hydrogens is 322 g/mol. The van der Waals surface area contributed by atoms with E-state index in [1.54, 1.807) is 0 Å². The van der Waals surface area contributed by atoms with E-state index < -0.39 is 0 Å². The summed E-state index contributed by atoms with van der Waals surface area (Å²) in [5.74, 6) is 0.647. The van der Waals surface area contributed by atoms with Gasteiger partial charge in [0, 0.05) is 36.4 Å². The molecule has 1 amide bonds. The molecule has 3 heterocycles. The molecule has 0 atom stereocenters. The molecule has 0 unspecified atom stereocenters. The van der Waals surface area contributed by atoms with Gasteiger partial charge in [-0.15, -0.1) is 0 Å². The van der Waals surface area contributed by atoms with Gasteiger partial charge in [0.05, 0.1) is 0 Å². The first-order valence-electron chi connectivity index (χ1n) is 9.17. The minimum atomic E-state index is 0.0476. The molecule has 1 aliphatic rings. The molecule has 1 N–H and O–H groups in total. The van der Waals surface area contributed by atoms with Crippen molar-refractivity contribution in [3.63, 3.8) is 0 Å². The Morgan fingerprint density at radius 1 is 1.27 bits per heavy atom. The first kappa shape index (κ1) is 16.6. The highest BCUT2D eigenvalue weighted by Crippen LogP contribution is 2.29. The lowest BCUT2D eigenvalue weighted by molar-refractivity contribution is -0.127. The number of aromatic nitrogens is 2. The van der Waals surface area contributed by atoms with Gasteiger partial charge < -0.3 is 9.88 Å². The van der Waals surface area contributed by atoms with Gasteiger partial charge in [0.25, 0.3) is 0 Å². The molecule has 0 radical (unpaired) electrons. The monoisotopic (exact) mass is 345 g/mol. The van der Waals surface area contributed by atoms with Crippen LogP contribution < -0.4 is 0 Å². The molecule has 4 nitrogen and oxygen atoms in total. The van der Waals surface area contributed by atoms with Crippen molar-refractivity contribution in [1.82, 2.24) is 14.9 Å². The van der Waals surface area contributed by atoms with E-state index in [9.17, 15) is 4.79 Å². The number of H-pyrrole nitrogens is 1. The minimum absolute atomic E-state index is 0.0476. The highest BCUT2D eigenvalue weighted by Gasteiger charge is 2.22. The van der Waals surface area contributed by atoms with E-state index in [0.717, 1.165) is 38.0 Å². The van der Waals surface area contributed by atoms with Crippen LogP contribution in [0.4, 0.5) is 0 Å². The van der Waals surface area contributed by atoms with E-state index in [2.05, 4.69) is 46.9 Å². The van der Waals surface area contributed by atoms with E-state index >= 15 is 0 Å². The number of benzene rings is 1. The average molecular weight is 345 g/mol. The van der Waals surface area contributed by atoms with E-state index in [0.29, 0.717) is 5.92 Å². The molecule has 3 aromatic rings. The number of fused-ring (bicyclic) bond motifs is 1. The van der Waals surface area contributed by atoms with Gasteiger partial charge in [-0.1, -0.05) is 36.9 Å². The Hall–Kier alpha value is -2.88. The zero-order valence-corrected chi connectivity index (χ0v) is 14.8. The minimum Gasteiger partial charge on any atom is -0.346 e. The first-order chi connectivity index (χ1) is 12.7. The predicted molar refractivity (Wildman–Crippen MR) is 105 cm³/mol. The molecule has 26 heavy (non-hydrogen) atoms. The molecule has 0 saturated carbocycles. The second-order valence-electron chi connectivity index (χ2n) is 6.99. The maximum absolute atomic E-state index is 11.7. The van der Waals surface area contributed by atoms with Gasteiger partial charge in [-0.2, -0.15) is 0 Å². The molecular formula is C22H23N3O. The number of hydrogen-bond acceptors (Lipinski definition) is 2. The zero-order valence-electron chi connectivity index (χ0n) is 14.8. The van der Waals surface area contributed by atoms with Crippen molar-refractivity contribution in [2.24, 2.45) is 5.92 Å². The molecule has 0 spiro atoms. The van der Waals surface area contributed by atoms with Crippen LogP contribution in [-0.4, -0.2) is 33.9 Å². The summed E-state index contributed by atoms with van der Waals surface area (Å²) in [5, 5.41) is 1.17. The molecule has 1 aliphatic heterocycles. The summed E-state index contributed by atoms with van der Waals surface area (Å²) in [5.41, 5.74) is 4.59. The summed E-state index contributed by atoms with van der Waals surface area (Å²) in [4.78, 5) is 21.5. The Balaban J connectivity index is 1.51. The summed E-state index contributed by atoms with van der Waals surface area (Å²) in [6.45, 7) is 5.23. The maximum Gasteiger partial charge on any atom is 0.245 e. The number of piperidine rings is 1. The van der Waals surface area contributed by atoms with Crippen LogP contribution in [-0.2, 0) is 11.2 Å². The van der Waals surface area contributed by atoms with Crippen LogP contribution in [0.15, 0.2) is 61.4 Å². The second kappa shape index (κ2) is 7.16. The SMILES string of the molecule is C=CC(=O)N1CCC(Cc2cnc3[nH]cc(-c4ccccc4)c3c2)CC1. The summed E-state index contributed by atoms with van der Waals surface area (Å²) < 4.78 is 0. The zero-order chi connectivity index (χ0) is 17.9. The van der Waals surface area contributed by atoms with Crippen molar-refractivity contribution >= 4 is 16.9 Å². The number of carbonyl (C=O) groups excluding carboxylic acids is 1. The van der Waals surface area contributed by atoms with Gasteiger partial charge in [-0.05, 0) is 48.4 Å². The summed E-state index contributed by atoms with van der Waals surface area (Å²) in [6, 6.07) is 12.7. The number of carbonyl (C=O) groups is 1. The van der Waals surface area contributed by atoms with E-state index in [4.69, 9.17) is 0 Å². The van der Waals surface area contributed by atoms with E-state index in [1.807, 2.05) is 23.4 Å². The van der Waals surface area contributed by atoms with Gasteiger partial charge >= 0.3 is 0 Å². The first-order valence-corrected chi connectivity index (χ1v) is 9.17. The number of amides is 1. The van der Waals surface area contributed by atoms with E-state index in [-0.39, 0.29) is 5.91 Å². The Bertz CT molecular complexity index is 921. The largest absolute Gasteiger partial charge is 0.346 e. The van der Waals surface area contributed by atoms with Crippen molar-refractivity contribution in [3.05, 3.63) is 67.0 Å². The molecule has 0 aliphatic carbocycles. The smallest absolute Gasteiger partial charge is 0.245 e. The fourth-order valence-electron chi connectivity index (χ4n) is 3.83. The Labute approximate surface area is 153 Å². The van der Waals surface area contributed by atoms with Gasteiger partial charge in [-0.25, -0.2) is 4.98 Å². The highest BCUT2D eigenvalue weighted by atomic mass is 16.2. The normalized spacial score (nSPS) is 15.3. The third kappa shape index (κ3) is 3.27. The topological polar surface area (TPSA) is 49.0 Å². The molecule has 4 heteroatoms. The third-order valence-electron chi connectivity index (χ3n) is 5.30.